The zero-order valence-electron chi connectivity index (χ0n) is 16.1. The van der Waals surface area contributed by atoms with E-state index in [2.05, 4.69) is 9.88 Å². The number of imidazole rings is 1. The molecule has 0 atom stereocenters. The van der Waals surface area contributed by atoms with E-state index in [1.807, 2.05) is 54.6 Å². The Balaban J connectivity index is 1.52. The van der Waals surface area contributed by atoms with Crippen LogP contribution in [0.15, 0.2) is 78.9 Å². The van der Waals surface area contributed by atoms with Crippen LogP contribution < -0.4 is 5.32 Å². The number of hydrogen-bond acceptors (Lipinski definition) is 3. The summed E-state index contributed by atoms with van der Waals surface area (Å²) in [5, 5.41) is 2.88. The second kappa shape index (κ2) is 8.10. The summed E-state index contributed by atoms with van der Waals surface area (Å²) in [6.07, 6.45) is 0.825. The summed E-state index contributed by atoms with van der Waals surface area (Å²) in [7, 11) is 0. The highest BCUT2D eigenvalue weighted by molar-refractivity contribution is 5.95. The number of aromatic nitrogens is 2. The maximum absolute atomic E-state index is 12.5. The number of benzene rings is 3. The van der Waals surface area contributed by atoms with Crippen LogP contribution >= 0.6 is 0 Å². The molecule has 0 saturated heterocycles. The third-order valence-electron chi connectivity index (χ3n) is 4.80. The summed E-state index contributed by atoms with van der Waals surface area (Å²) >= 11 is 0. The van der Waals surface area contributed by atoms with Crippen LogP contribution in [0.5, 0.6) is 0 Å². The number of para-hydroxylation sites is 3. The van der Waals surface area contributed by atoms with Crippen molar-refractivity contribution < 1.29 is 9.59 Å². The first-order valence-electron chi connectivity index (χ1n) is 9.54. The van der Waals surface area contributed by atoms with Crippen LogP contribution in [0.4, 0.5) is 5.69 Å². The third kappa shape index (κ3) is 4.09. The molecule has 0 aliphatic heterocycles. The summed E-state index contributed by atoms with van der Waals surface area (Å²) in [6, 6.07) is 24.9. The molecule has 0 aliphatic carbocycles. The molecule has 0 aliphatic rings. The molecule has 1 heterocycles. The second-order valence-electron chi connectivity index (χ2n) is 6.87. The lowest BCUT2D eigenvalue weighted by molar-refractivity contribution is -0.116. The number of hydrogen-bond donors (Lipinski definition) is 1. The van der Waals surface area contributed by atoms with Crippen molar-refractivity contribution in [3.05, 3.63) is 90.3 Å². The van der Waals surface area contributed by atoms with Crippen molar-refractivity contribution in [1.29, 1.82) is 0 Å². The van der Waals surface area contributed by atoms with E-state index in [1.165, 1.54) is 6.92 Å². The fraction of sp³-hybridized carbons (Fsp3) is 0.125. The predicted octanol–water partition coefficient (Wildman–Crippen LogP) is 4.80. The van der Waals surface area contributed by atoms with Gasteiger partial charge in [-0.05, 0) is 55.5 Å². The van der Waals surface area contributed by atoms with Crippen LogP contribution in [0, 0.1) is 0 Å². The van der Waals surface area contributed by atoms with Gasteiger partial charge in [0.05, 0.1) is 11.0 Å². The fourth-order valence-corrected chi connectivity index (χ4v) is 3.35. The van der Waals surface area contributed by atoms with Crippen molar-refractivity contribution in [2.24, 2.45) is 0 Å². The third-order valence-corrected chi connectivity index (χ3v) is 4.80. The number of nitrogens with zero attached hydrogens (tertiary/aromatic N) is 2. The Hall–Kier alpha value is -3.73. The van der Waals surface area contributed by atoms with E-state index in [-0.39, 0.29) is 11.7 Å². The summed E-state index contributed by atoms with van der Waals surface area (Å²) < 4.78 is 2.10. The molecule has 0 unspecified atom stereocenters. The van der Waals surface area contributed by atoms with Gasteiger partial charge in [-0.25, -0.2) is 4.98 Å². The number of aryl methyl sites for hydroxylation is 1. The number of anilines is 1. The molecule has 3 aromatic carbocycles. The lowest BCUT2D eigenvalue weighted by Crippen LogP contribution is -2.14. The number of fused-ring (bicyclic) bond motifs is 1. The predicted molar refractivity (Wildman–Crippen MR) is 114 cm³/mol. The number of nitrogens with one attached hydrogen (secondary N) is 1. The van der Waals surface area contributed by atoms with Gasteiger partial charge in [-0.2, -0.15) is 0 Å². The molecule has 5 heteroatoms. The molecule has 0 bridgehead atoms. The van der Waals surface area contributed by atoms with Crippen LogP contribution in [0.25, 0.3) is 16.7 Å². The molecule has 5 nitrogen and oxygen atoms in total. The normalized spacial score (nSPS) is 10.8. The first-order chi connectivity index (χ1) is 14.1. The van der Waals surface area contributed by atoms with Gasteiger partial charge in [0, 0.05) is 29.8 Å². The Morgan fingerprint density at radius 3 is 2.31 bits per heavy atom. The molecule has 0 radical (unpaired) electrons. The summed E-state index contributed by atoms with van der Waals surface area (Å²) in [5.41, 5.74) is 4.26. The van der Waals surface area contributed by atoms with Crippen LogP contribution in [0.2, 0.25) is 0 Å². The van der Waals surface area contributed by atoms with Gasteiger partial charge in [-0.3, -0.25) is 14.2 Å². The van der Waals surface area contributed by atoms with Crippen LogP contribution in [-0.2, 0) is 11.2 Å². The monoisotopic (exact) mass is 383 g/mol. The molecular weight excluding hydrogens is 362 g/mol. The van der Waals surface area contributed by atoms with E-state index in [0.717, 1.165) is 22.5 Å². The highest BCUT2D eigenvalue weighted by Crippen LogP contribution is 2.22. The second-order valence-corrected chi connectivity index (χ2v) is 6.87. The van der Waals surface area contributed by atoms with E-state index >= 15 is 0 Å². The van der Waals surface area contributed by atoms with Gasteiger partial charge < -0.3 is 5.32 Å². The number of carbonyl (C=O) groups excluding carboxylic acids is 2. The van der Waals surface area contributed by atoms with E-state index in [4.69, 9.17) is 4.98 Å². The average molecular weight is 383 g/mol. The Morgan fingerprint density at radius 1 is 0.897 bits per heavy atom. The zero-order chi connectivity index (χ0) is 20.2. The zero-order valence-corrected chi connectivity index (χ0v) is 16.1. The maximum atomic E-state index is 12.5. The van der Waals surface area contributed by atoms with Gasteiger partial charge >= 0.3 is 0 Å². The maximum Gasteiger partial charge on any atom is 0.224 e. The van der Waals surface area contributed by atoms with E-state index in [1.54, 1.807) is 24.3 Å². The van der Waals surface area contributed by atoms with Crippen molar-refractivity contribution in [3.63, 3.8) is 0 Å². The molecule has 4 rings (SSSR count). The number of amides is 1. The smallest absolute Gasteiger partial charge is 0.224 e. The standard InChI is InChI=1S/C24H21N3O2/c1-17(28)18-11-13-19(14-12-18)25-24(29)16-15-23-26-21-9-5-6-10-22(21)27(23)20-7-3-2-4-8-20/h2-14H,15-16H2,1H3,(H,25,29). The van der Waals surface area contributed by atoms with Gasteiger partial charge in [0.1, 0.15) is 5.82 Å². The fourth-order valence-electron chi connectivity index (χ4n) is 3.35. The van der Waals surface area contributed by atoms with Crippen molar-refractivity contribution in [3.8, 4) is 5.69 Å². The molecule has 1 aromatic heterocycles. The number of carbonyl (C=O) groups is 2. The lowest BCUT2D eigenvalue weighted by Gasteiger charge is -2.10. The minimum Gasteiger partial charge on any atom is -0.326 e. The van der Waals surface area contributed by atoms with Gasteiger partial charge in [-0.15, -0.1) is 0 Å². The molecule has 1 N–H and O–H groups in total. The van der Waals surface area contributed by atoms with Gasteiger partial charge in [0.2, 0.25) is 5.91 Å². The van der Waals surface area contributed by atoms with Crippen LogP contribution in [0.1, 0.15) is 29.5 Å². The number of Topliss-reactive ketones (excluding diaryl/α,β-unsaturated/α-hetero) is 1. The lowest BCUT2D eigenvalue weighted by atomic mass is 10.1. The van der Waals surface area contributed by atoms with Gasteiger partial charge in [0.25, 0.3) is 0 Å². The Labute approximate surface area is 169 Å². The molecule has 0 fully saturated rings. The summed E-state index contributed by atoms with van der Waals surface area (Å²) in [6.45, 7) is 1.52. The highest BCUT2D eigenvalue weighted by Gasteiger charge is 2.13. The molecule has 4 aromatic rings. The molecule has 0 spiro atoms. The van der Waals surface area contributed by atoms with E-state index in [9.17, 15) is 9.59 Å². The van der Waals surface area contributed by atoms with Crippen LogP contribution in [-0.4, -0.2) is 21.2 Å². The Morgan fingerprint density at radius 2 is 1.59 bits per heavy atom. The number of ketones is 1. The summed E-state index contributed by atoms with van der Waals surface area (Å²) in [4.78, 5) is 28.6. The topological polar surface area (TPSA) is 64.0 Å². The quantitative estimate of drug-likeness (QED) is 0.487. The van der Waals surface area contributed by atoms with Gasteiger partial charge in [-0.1, -0.05) is 30.3 Å². The molecular formula is C24H21N3O2. The Kier molecular flexibility index (Phi) is 5.20. The first-order valence-corrected chi connectivity index (χ1v) is 9.54. The minimum absolute atomic E-state index is 0.00249. The molecule has 0 saturated carbocycles. The van der Waals surface area contributed by atoms with Crippen molar-refractivity contribution in [1.82, 2.24) is 9.55 Å². The largest absolute Gasteiger partial charge is 0.326 e. The summed E-state index contributed by atoms with van der Waals surface area (Å²) in [5.74, 6) is 0.759. The van der Waals surface area contributed by atoms with Gasteiger partial charge in [0.15, 0.2) is 5.78 Å². The average Bonchev–Trinajstić information content (AvgIpc) is 3.12. The van der Waals surface area contributed by atoms with E-state index in [0.29, 0.717) is 24.1 Å². The Bertz CT molecular complexity index is 1160. The first kappa shape index (κ1) is 18.6. The minimum atomic E-state index is -0.0905. The van der Waals surface area contributed by atoms with Crippen molar-refractivity contribution in [2.75, 3.05) is 5.32 Å². The van der Waals surface area contributed by atoms with Crippen LogP contribution in [0.3, 0.4) is 0 Å². The molecule has 1 amide bonds. The molecule has 29 heavy (non-hydrogen) atoms. The highest BCUT2D eigenvalue weighted by atomic mass is 16.1. The number of rotatable bonds is 6. The van der Waals surface area contributed by atoms with Crippen molar-refractivity contribution in [2.45, 2.75) is 19.8 Å². The molecule has 144 valence electrons. The van der Waals surface area contributed by atoms with E-state index < -0.39 is 0 Å². The SMILES string of the molecule is CC(=O)c1ccc(NC(=O)CCc2nc3ccccc3n2-c2ccccc2)cc1. The van der Waals surface area contributed by atoms with Crippen molar-refractivity contribution >= 4 is 28.4 Å².